The summed E-state index contributed by atoms with van der Waals surface area (Å²) in [7, 11) is -19.7. The average molecular weight is 1210 g/mol. The van der Waals surface area contributed by atoms with Gasteiger partial charge in [0.2, 0.25) is 0 Å². The number of sulfonamides is 2. The lowest BCUT2D eigenvalue weighted by Crippen LogP contribution is -2.31. The van der Waals surface area contributed by atoms with Gasteiger partial charge >= 0.3 is 12.2 Å². The number of amides is 4. The summed E-state index contributed by atoms with van der Waals surface area (Å²) in [6.45, 7) is -14.6. The van der Waals surface area contributed by atoms with E-state index in [0.717, 1.165) is 0 Å². The molecule has 6 aromatic carbocycles. The van der Waals surface area contributed by atoms with E-state index >= 15 is 0 Å². The minimum Gasteiger partial charge on any atom is -0.496 e. The van der Waals surface area contributed by atoms with Gasteiger partial charge in [0.25, 0.3) is 31.9 Å². The predicted octanol–water partition coefficient (Wildman–Crippen LogP) is 11.4. The SMILES string of the molecule is [2H]c1c([2H])c([2H])c(S(=O)(=O)N([2H])C(=O)c2c([2H])c([2H])c(C([2H])([2H])c3c([2H])n(C([2H])([2H])[2H])c4c([2H])c([2H])c(N([2H])C(=O)OC5([2H])C([2H])([2H])CCC5([2H])[2H])c([2H])c34)c(OC([2H])([2H])[2H])c2[2H])c(C([2H])([2H])[2H])c1[2H].[2H]c1c([2H])c([2H])c(S(=O)(=O)NC(=O)c2c([2H])c([2H])c(C([2H])([2H])c3c([2H])n(C([2H])([2H])[2H])c4c([2H])c([2H])c(NC(=O)OC5([2H])C([2H])([2H])CCC5([2H])[2H])c([2H])c34)c(OC([2H])([2H])[2H])c2[2H])c(C([2H])([2H])[2H])c1[2H]. The summed E-state index contributed by atoms with van der Waals surface area (Å²) in [5.74, 6) is -8.17. The highest BCUT2D eigenvalue weighted by Gasteiger charge is 2.25. The van der Waals surface area contributed by atoms with Gasteiger partial charge in [0, 0.05) is 116 Å². The molecule has 2 fully saturated rings. The first-order chi connectivity index (χ1) is 61.7. The van der Waals surface area contributed by atoms with Crippen LogP contribution in [-0.2, 0) is 56.2 Å². The molecule has 428 valence electrons. The third-order valence-corrected chi connectivity index (χ3v) is 12.7. The van der Waals surface area contributed by atoms with Crippen LogP contribution in [0.1, 0.15) is 179 Å². The molecule has 2 aliphatic carbocycles. The molecule has 2 aliphatic rings. The van der Waals surface area contributed by atoms with Crippen LogP contribution < -0.4 is 29.5 Å². The van der Waals surface area contributed by atoms with E-state index in [1.165, 1.54) is 4.72 Å². The first-order valence-corrected chi connectivity index (χ1v) is 25.0. The number of ether oxygens (including phenoxy) is 4. The Morgan fingerprint density at radius 3 is 1.62 bits per heavy atom. The smallest absolute Gasteiger partial charge is 0.411 e. The van der Waals surface area contributed by atoms with Crippen LogP contribution in [0.3, 0.4) is 0 Å². The summed E-state index contributed by atoms with van der Waals surface area (Å²) in [5.41, 5.74) is -17.8. The van der Waals surface area contributed by atoms with Gasteiger partial charge in [-0.05, 0) is 171 Å². The fourth-order valence-corrected chi connectivity index (χ4v) is 8.47. The number of hydrogen-bond donors (Lipinski definition) is 4. The molecule has 0 radical (unpaired) electrons. The topological polar surface area (TPSA) is 231 Å². The standard InChI is InChI=1S/2C31H33N3O6S/c2*1-20-8-4-7-11-29(20)41(37,38)33-30(35)22-13-12-21(28(17-22)39-3)16-23-19-34(2)27-15-14-24(18-26(23)27)32-31(36)40-25-9-5-6-10-25/h2*4,7-8,11-15,17-19,25H,5-6,9-10,16H2,1-3H3,(H,32,36)(H,33,35)/i2*1D3,2D3,3D3,4D,7D,8D,9D2,10D2,11D,12D,13D,14D,15D,16D2,17D,18D,19D,25D/hD2. The highest BCUT2D eigenvalue weighted by molar-refractivity contribution is 7.90. The molecule has 4 N–H and O–H groups in total. The Morgan fingerprint density at radius 1 is 0.610 bits per heavy atom. The van der Waals surface area contributed by atoms with Crippen molar-refractivity contribution in [1.82, 2.24) is 18.6 Å². The van der Waals surface area contributed by atoms with Gasteiger partial charge in [0.1, 0.15) is 23.7 Å². The molecule has 18 nitrogen and oxygen atoms in total. The Bertz CT molecular complexity index is 6720. The number of rotatable bonds is 16. The van der Waals surface area contributed by atoms with Crippen LogP contribution in [0.25, 0.3) is 21.8 Å². The van der Waals surface area contributed by atoms with Crippen molar-refractivity contribution in [3.05, 3.63) is 178 Å². The van der Waals surface area contributed by atoms with E-state index in [1.807, 2.05) is 0 Å². The summed E-state index contributed by atoms with van der Waals surface area (Å²) in [6, 6.07) is -29.8. The molecule has 0 saturated heterocycles. The molecule has 10 rings (SSSR count). The van der Waals surface area contributed by atoms with Gasteiger partial charge in [-0.1, -0.05) is 48.3 Å². The van der Waals surface area contributed by atoms with E-state index in [9.17, 15) is 41.5 Å². The monoisotopic (exact) mass is 1210 g/mol. The maximum Gasteiger partial charge on any atom is 0.411 e. The number of nitrogens with zero attached hydrogens (tertiary/aromatic N) is 2. The number of aromatic nitrogens is 2. The van der Waals surface area contributed by atoms with Crippen molar-refractivity contribution in [2.45, 2.75) is 99.6 Å². The first-order valence-electron chi connectivity index (χ1n) is 50.0. The van der Waals surface area contributed by atoms with Crippen LogP contribution in [0.15, 0.2) is 143 Å². The lowest BCUT2D eigenvalue weighted by Gasteiger charge is -2.13. The highest BCUT2D eigenvalue weighted by Crippen LogP contribution is 2.33. The van der Waals surface area contributed by atoms with E-state index in [1.54, 1.807) is 5.32 Å². The second kappa shape index (κ2) is 25.0. The van der Waals surface area contributed by atoms with Crippen molar-refractivity contribution in [3.8, 4) is 11.5 Å². The van der Waals surface area contributed by atoms with Crippen LogP contribution in [0.4, 0.5) is 21.0 Å². The molecule has 0 aliphatic heterocycles. The van der Waals surface area contributed by atoms with Gasteiger partial charge < -0.3 is 28.1 Å². The van der Waals surface area contributed by atoms with Crippen LogP contribution in [0.5, 0.6) is 11.5 Å². The molecule has 4 amide bonds. The Kier molecular flexibility index (Phi) is 6.22. The molecule has 82 heavy (non-hydrogen) atoms. The molecule has 2 saturated carbocycles. The molecule has 0 atom stereocenters. The van der Waals surface area contributed by atoms with Gasteiger partial charge in [0.05, 0.1) is 65.0 Å². The van der Waals surface area contributed by atoms with Crippen molar-refractivity contribution >= 4 is 77.2 Å². The van der Waals surface area contributed by atoms with E-state index in [0.29, 0.717) is 0 Å². The minimum atomic E-state index is -6.17. The van der Waals surface area contributed by atoms with Crippen LogP contribution in [0.2, 0.25) is 2.82 Å². The molecule has 20 heteroatoms. The maximum atomic E-state index is 14.0. The van der Waals surface area contributed by atoms with Gasteiger partial charge in [-0.15, -0.1) is 0 Å². The second-order valence-electron chi connectivity index (χ2n) is 15.5. The number of carbonyl (C=O) groups excluding carboxylic acids is 4. The van der Waals surface area contributed by atoms with E-state index in [2.05, 4.69) is 0 Å². The Hall–Kier alpha value is -8.62. The number of hydrogen-bond acceptors (Lipinski definition) is 12. The van der Waals surface area contributed by atoms with Gasteiger partial charge in [0.15, 0.2) is 2.82 Å². The molecular weight excluding hydrogens is 1080 g/mol. The average Bonchev–Trinajstić information content (AvgIpc) is 1.56. The summed E-state index contributed by atoms with van der Waals surface area (Å²) in [6.07, 6.45) is -35.9. The highest BCUT2D eigenvalue weighted by atomic mass is 32.2. The number of nitrogens with one attached hydrogen (secondary N) is 4. The molecule has 2 heterocycles. The zero-order valence-corrected chi connectivity index (χ0v) is 42.0. The van der Waals surface area contributed by atoms with Crippen LogP contribution >= 0.6 is 0 Å². The Balaban J connectivity index is 0.000000309. The molecule has 8 aromatic rings. The van der Waals surface area contributed by atoms with Crippen LogP contribution in [0, 0.1) is 13.7 Å². The van der Waals surface area contributed by atoms with Crippen molar-refractivity contribution in [2.24, 2.45) is 14.0 Å². The van der Waals surface area contributed by atoms with Crippen molar-refractivity contribution in [1.29, 1.82) is 0 Å². The largest absolute Gasteiger partial charge is 0.496 e. The Labute approximate surface area is 556 Å². The molecule has 2 aromatic heterocycles. The fraction of sp³-hybridized carbons (Fsp3) is 0.290. The van der Waals surface area contributed by atoms with Crippen molar-refractivity contribution in [2.75, 3.05) is 24.7 Å². The van der Waals surface area contributed by atoms with Gasteiger partial charge in [-0.25, -0.2) is 35.9 Å². The third-order valence-electron chi connectivity index (χ3n) is 10.1. The predicted molar refractivity (Wildman–Crippen MR) is 314 cm³/mol. The van der Waals surface area contributed by atoms with Crippen molar-refractivity contribution in [3.63, 3.8) is 0 Å². The normalized spacial score (nSPS) is 28.1. The third kappa shape index (κ3) is 13.6. The van der Waals surface area contributed by atoms with Gasteiger partial charge in [-0.2, -0.15) is 0 Å². The first kappa shape index (κ1) is 20.4. The number of benzene rings is 6. The van der Waals surface area contributed by atoms with E-state index < -0.39 is 404 Å². The Morgan fingerprint density at radius 2 is 1.10 bits per heavy atom. The molecule has 0 bridgehead atoms. The molecule has 0 unspecified atom stereocenters. The summed E-state index contributed by atoms with van der Waals surface area (Å²) in [5, 5.41) is -1.29. The summed E-state index contributed by atoms with van der Waals surface area (Å²) in [4.78, 5) is 50.8. The number of anilines is 2. The fourth-order valence-electron chi connectivity index (χ4n) is 6.63. The number of carbonyl (C=O) groups is 4. The molecular formula is C62H66N6O12S2. The zero-order chi connectivity index (χ0) is 107. The number of methoxy groups -OCH3 is 2. The quantitative estimate of drug-likeness (QED) is 0.0708. The lowest BCUT2D eigenvalue weighted by atomic mass is 10.0. The maximum absolute atomic E-state index is 14.0. The van der Waals surface area contributed by atoms with Crippen LogP contribution in [-0.4, -0.2) is 76.2 Å². The molecule has 0 spiro atoms. The second-order valence-corrected chi connectivity index (χ2v) is 18.7. The minimum absolute atomic E-state index is 0.0634. The number of fused-ring (bicyclic) bond motifs is 2. The summed E-state index contributed by atoms with van der Waals surface area (Å²) < 4.78 is 538. The van der Waals surface area contributed by atoms with E-state index in [4.69, 9.17) is 90.3 Å². The lowest BCUT2D eigenvalue weighted by molar-refractivity contribution is 0.0972. The van der Waals surface area contributed by atoms with Gasteiger partial charge in [-0.3, -0.25) is 20.2 Å². The zero-order valence-electron chi connectivity index (χ0n) is 96.3. The number of aryl methyl sites for hydroxylation is 2. The van der Waals surface area contributed by atoms with E-state index in [-0.39, 0.29) is 9.13 Å². The van der Waals surface area contributed by atoms with Crippen molar-refractivity contribution < 1.29 is 132 Å². The summed E-state index contributed by atoms with van der Waals surface area (Å²) >= 11 is 0.